The number of nitriles is 1. The third-order valence-corrected chi connectivity index (χ3v) is 2.36. The van der Waals surface area contributed by atoms with Gasteiger partial charge in [-0.15, -0.1) is 0 Å². The van der Waals surface area contributed by atoms with Gasteiger partial charge in [0.25, 0.3) is 0 Å². The van der Waals surface area contributed by atoms with E-state index in [0.717, 1.165) is 10.5 Å². The molecule has 0 N–H and O–H groups in total. The van der Waals surface area contributed by atoms with Crippen LogP contribution in [0.5, 0.6) is 0 Å². The lowest BCUT2D eigenvalue weighted by Gasteiger charge is -2.00. The normalized spacial score (nSPS) is 9.31. The van der Waals surface area contributed by atoms with Crippen molar-refractivity contribution in [1.29, 1.82) is 5.26 Å². The smallest absolute Gasteiger partial charge is 0.190 e. The predicted molar refractivity (Wildman–Crippen MR) is 52.4 cm³/mol. The highest BCUT2D eigenvalue weighted by atomic mass is 32.2. The van der Waals surface area contributed by atoms with Gasteiger partial charge in [0.1, 0.15) is 0 Å². The van der Waals surface area contributed by atoms with Crippen LogP contribution in [-0.2, 0) is 4.79 Å². The zero-order valence-electron chi connectivity index (χ0n) is 7.50. The van der Waals surface area contributed by atoms with Gasteiger partial charge in [-0.05, 0) is 30.7 Å². The van der Waals surface area contributed by atoms with Crippen LogP contribution in [0.4, 0.5) is 0 Å². The number of benzene rings is 1. The zero-order valence-corrected chi connectivity index (χ0v) is 8.31. The van der Waals surface area contributed by atoms with E-state index >= 15 is 0 Å². The molecule has 0 aliphatic heterocycles. The van der Waals surface area contributed by atoms with Crippen molar-refractivity contribution < 1.29 is 4.79 Å². The van der Waals surface area contributed by atoms with Crippen LogP contribution in [0.2, 0.25) is 0 Å². The van der Waals surface area contributed by atoms with E-state index in [9.17, 15) is 4.79 Å². The van der Waals surface area contributed by atoms with Crippen LogP contribution in [0.1, 0.15) is 18.1 Å². The van der Waals surface area contributed by atoms with Gasteiger partial charge in [0, 0.05) is 11.8 Å². The fraction of sp³-hybridized carbons (Fsp3) is 0.200. The summed E-state index contributed by atoms with van der Waals surface area (Å²) in [5.74, 6) is 0. The molecule has 0 spiro atoms. The number of carbonyl (C=O) groups is 1. The largest absolute Gasteiger partial charge is 0.287 e. The van der Waals surface area contributed by atoms with Crippen LogP contribution >= 0.6 is 11.8 Å². The average Bonchev–Trinajstić information content (AvgIpc) is 2.03. The SMILES string of the molecule is CC(=O)Sc1ccc(C#N)c(C)c1. The minimum atomic E-state index is 0.0594. The van der Waals surface area contributed by atoms with Gasteiger partial charge in [0.2, 0.25) is 0 Å². The van der Waals surface area contributed by atoms with Gasteiger partial charge in [-0.3, -0.25) is 4.79 Å². The molecule has 0 heterocycles. The van der Waals surface area contributed by atoms with Crippen molar-refractivity contribution in [2.24, 2.45) is 0 Å². The molecule has 0 saturated heterocycles. The molecule has 2 nitrogen and oxygen atoms in total. The molecule has 0 unspecified atom stereocenters. The van der Waals surface area contributed by atoms with E-state index in [-0.39, 0.29) is 5.12 Å². The van der Waals surface area contributed by atoms with Gasteiger partial charge >= 0.3 is 0 Å². The zero-order chi connectivity index (χ0) is 9.84. The summed E-state index contributed by atoms with van der Waals surface area (Å²) >= 11 is 1.18. The van der Waals surface area contributed by atoms with E-state index in [2.05, 4.69) is 6.07 Å². The first kappa shape index (κ1) is 9.82. The Kier molecular flexibility index (Phi) is 3.10. The molecule has 13 heavy (non-hydrogen) atoms. The van der Waals surface area contributed by atoms with Crippen molar-refractivity contribution in [2.45, 2.75) is 18.7 Å². The first-order chi connectivity index (χ1) is 6.13. The lowest BCUT2D eigenvalue weighted by atomic mass is 10.1. The second-order valence-electron chi connectivity index (χ2n) is 2.68. The predicted octanol–water partition coefficient (Wildman–Crippen LogP) is 2.51. The number of nitrogens with zero attached hydrogens (tertiary/aromatic N) is 1. The maximum atomic E-state index is 10.8. The molecule has 3 heteroatoms. The first-order valence-electron chi connectivity index (χ1n) is 3.82. The van der Waals surface area contributed by atoms with E-state index in [1.807, 2.05) is 13.0 Å². The Balaban J connectivity index is 2.97. The number of rotatable bonds is 1. The molecule has 0 fully saturated rings. The number of carbonyl (C=O) groups excluding carboxylic acids is 1. The Morgan fingerprint density at radius 3 is 2.69 bits per heavy atom. The maximum absolute atomic E-state index is 10.8. The molecule has 0 aliphatic rings. The second kappa shape index (κ2) is 4.11. The lowest BCUT2D eigenvalue weighted by Crippen LogP contribution is -1.85. The molecule has 1 aromatic rings. The fourth-order valence-corrected chi connectivity index (χ4v) is 1.69. The van der Waals surface area contributed by atoms with E-state index < -0.39 is 0 Å². The molecular weight excluding hydrogens is 182 g/mol. The Bertz CT molecular complexity index is 379. The van der Waals surface area contributed by atoms with E-state index in [1.165, 1.54) is 18.7 Å². The average molecular weight is 191 g/mol. The number of hydrogen-bond acceptors (Lipinski definition) is 3. The van der Waals surface area contributed by atoms with Crippen molar-refractivity contribution in [1.82, 2.24) is 0 Å². The lowest BCUT2D eigenvalue weighted by molar-refractivity contribution is -0.109. The summed E-state index contributed by atoms with van der Waals surface area (Å²) in [6.45, 7) is 3.39. The van der Waals surface area contributed by atoms with Crippen LogP contribution < -0.4 is 0 Å². The van der Waals surface area contributed by atoms with Crippen LogP contribution in [0, 0.1) is 18.3 Å². The van der Waals surface area contributed by atoms with Crippen LogP contribution in [0.15, 0.2) is 23.1 Å². The minimum Gasteiger partial charge on any atom is -0.287 e. The van der Waals surface area contributed by atoms with E-state index in [1.54, 1.807) is 12.1 Å². The highest BCUT2D eigenvalue weighted by Gasteiger charge is 2.01. The number of thioether (sulfide) groups is 1. The Morgan fingerprint density at radius 2 is 2.23 bits per heavy atom. The summed E-state index contributed by atoms with van der Waals surface area (Å²) in [6, 6.07) is 7.46. The molecule has 0 aromatic heterocycles. The highest BCUT2D eigenvalue weighted by molar-refractivity contribution is 8.13. The van der Waals surface area contributed by atoms with Crippen LogP contribution in [0.3, 0.4) is 0 Å². The quantitative estimate of drug-likeness (QED) is 0.640. The molecule has 1 rings (SSSR count). The fourth-order valence-electron chi connectivity index (χ4n) is 0.991. The van der Waals surface area contributed by atoms with Crippen molar-refractivity contribution in [3.63, 3.8) is 0 Å². The third-order valence-electron chi connectivity index (χ3n) is 1.58. The van der Waals surface area contributed by atoms with Gasteiger partial charge < -0.3 is 0 Å². The molecular formula is C10H9NOS. The molecule has 0 bridgehead atoms. The van der Waals surface area contributed by atoms with Crippen molar-refractivity contribution in [3.05, 3.63) is 29.3 Å². The Labute approximate surface area is 81.6 Å². The van der Waals surface area contributed by atoms with Gasteiger partial charge in [0.05, 0.1) is 11.6 Å². The topological polar surface area (TPSA) is 40.9 Å². The van der Waals surface area contributed by atoms with Gasteiger partial charge in [-0.1, -0.05) is 11.8 Å². The molecule has 0 aliphatic carbocycles. The third kappa shape index (κ3) is 2.60. The molecule has 1 aromatic carbocycles. The summed E-state index contributed by atoms with van der Waals surface area (Å²) in [5, 5.41) is 8.73. The summed E-state index contributed by atoms with van der Waals surface area (Å²) < 4.78 is 0. The maximum Gasteiger partial charge on any atom is 0.190 e. The molecule has 0 amide bonds. The summed E-state index contributed by atoms with van der Waals surface area (Å²) in [7, 11) is 0. The Morgan fingerprint density at radius 1 is 1.54 bits per heavy atom. The van der Waals surface area contributed by atoms with Crippen LogP contribution in [0.25, 0.3) is 0 Å². The first-order valence-corrected chi connectivity index (χ1v) is 4.64. The summed E-state index contributed by atoms with van der Waals surface area (Å²) in [5.41, 5.74) is 1.57. The number of hydrogen-bond donors (Lipinski definition) is 0. The molecule has 0 saturated carbocycles. The monoisotopic (exact) mass is 191 g/mol. The van der Waals surface area contributed by atoms with E-state index in [4.69, 9.17) is 5.26 Å². The van der Waals surface area contributed by atoms with Gasteiger partial charge in [-0.25, -0.2) is 0 Å². The van der Waals surface area contributed by atoms with E-state index in [0.29, 0.717) is 5.56 Å². The standard InChI is InChI=1S/C10H9NOS/c1-7-5-10(13-8(2)12)4-3-9(7)6-11/h3-5H,1-2H3. The molecule has 0 atom stereocenters. The minimum absolute atomic E-state index is 0.0594. The second-order valence-corrected chi connectivity index (χ2v) is 3.93. The molecule has 66 valence electrons. The van der Waals surface area contributed by atoms with Crippen molar-refractivity contribution in [3.8, 4) is 6.07 Å². The summed E-state index contributed by atoms with van der Waals surface area (Å²) in [4.78, 5) is 11.7. The van der Waals surface area contributed by atoms with Crippen molar-refractivity contribution in [2.75, 3.05) is 0 Å². The highest BCUT2D eigenvalue weighted by Crippen LogP contribution is 2.21. The van der Waals surface area contributed by atoms with Crippen molar-refractivity contribution >= 4 is 16.9 Å². The summed E-state index contributed by atoms with van der Waals surface area (Å²) in [6.07, 6.45) is 0. The van der Waals surface area contributed by atoms with Gasteiger partial charge in [-0.2, -0.15) is 5.26 Å². The van der Waals surface area contributed by atoms with Gasteiger partial charge in [0.15, 0.2) is 5.12 Å². The Hall–Kier alpha value is -1.27. The number of aryl methyl sites for hydroxylation is 1. The molecule has 0 radical (unpaired) electrons. The van der Waals surface area contributed by atoms with Crippen LogP contribution in [-0.4, -0.2) is 5.12 Å².